The second-order valence-corrected chi connectivity index (χ2v) is 7.00. The molecule has 1 unspecified atom stereocenters. The van der Waals surface area contributed by atoms with Gasteiger partial charge >= 0.3 is 11.9 Å². The highest BCUT2D eigenvalue weighted by Gasteiger charge is 2.36. The SMILES string of the molecule is CCOC(=O)C1=C(C)OC(N)=C(C#N)C1c1ccc(Oc2cc(C(=O)OC)ccn2)c(OC)c1. The van der Waals surface area contributed by atoms with Crippen molar-refractivity contribution in [2.75, 3.05) is 20.8 Å². The molecule has 0 fully saturated rings. The Labute approximate surface area is 196 Å². The van der Waals surface area contributed by atoms with Gasteiger partial charge in [-0.25, -0.2) is 14.6 Å². The summed E-state index contributed by atoms with van der Waals surface area (Å²) in [5.74, 6) is -1.10. The Bertz CT molecular complexity index is 1230. The molecular weight excluding hydrogens is 442 g/mol. The zero-order valence-corrected chi connectivity index (χ0v) is 19.1. The molecule has 0 spiro atoms. The fraction of sp³-hybridized carbons (Fsp3) is 0.250. The number of carbonyl (C=O) groups excluding carboxylic acids is 2. The van der Waals surface area contributed by atoms with E-state index in [4.69, 9.17) is 29.4 Å². The quantitative estimate of drug-likeness (QED) is 0.605. The Morgan fingerprint density at radius 2 is 1.94 bits per heavy atom. The number of allylic oxidation sites excluding steroid dienone is 2. The summed E-state index contributed by atoms with van der Waals surface area (Å²) in [5.41, 5.74) is 6.97. The zero-order valence-electron chi connectivity index (χ0n) is 19.1. The number of aromatic nitrogens is 1. The van der Waals surface area contributed by atoms with Crippen LogP contribution in [0.2, 0.25) is 0 Å². The summed E-state index contributed by atoms with van der Waals surface area (Å²) in [6.07, 6.45) is 1.41. The maximum Gasteiger partial charge on any atom is 0.338 e. The van der Waals surface area contributed by atoms with Gasteiger partial charge in [-0.2, -0.15) is 5.26 Å². The summed E-state index contributed by atoms with van der Waals surface area (Å²) in [4.78, 5) is 28.6. The summed E-state index contributed by atoms with van der Waals surface area (Å²) >= 11 is 0. The molecule has 176 valence electrons. The molecule has 1 atom stereocenters. The summed E-state index contributed by atoms with van der Waals surface area (Å²) in [5, 5.41) is 9.73. The topological polar surface area (TPSA) is 143 Å². The molecule has 1 aromatic carbocycles. The molecule has 0 saturated heterocycles. The molecule has 10 heteroatoms. The number of pyridine rings is 1. The third-order valence-electron chi connectivity index (χ3n) is 4.99. The second-order valence-electron chi connectivity index (χ2n) is 7.00. The van der Waals surface area contributed by atoms with E-state index in [2.05, 4.69) is 4.98 Å². The number of methoxy groups -OCH3 is 2. The number of nitriles is 1. The van der Waals surface area contributed by atoms with Crippen molar-refractivity contribution in [3.8, 4) is 23.4 Å². The van der Waals surface area contributed by atoms with E-state index in [0.29, 0.717) is 17.1 Å². The Morgan fingerprint density at radius 1 is 1.18 bits per heavy atom. The van der Waals surface area contributed by atoms with Gasteiger partial charge in [0.25, 0.3) is 0 Å². The first-order valence-electron chi connectivity index (χ1n) is 10.2. The van der Waals surface area contributed by atoms with Crippen LogP contribution in [0.5, 0.6) is 17.4 Å². The van der Waals surface area contributed by atoms with Crippen LogP contribution in [0.3, 0.4) is 0 Å². The number of carbonyl (C=O) groups is 2. The third kappa shape index (κ3) is 4.78. The van der Waals surface area contributed by atoms with E-state index in [1.165, 1.54) is 32.5 Å². The van der Waals surface area contributed by atoms with E-state index >= 15 is 0 Å². The predicted octanol–water partition coefficient (Wildman–Crippen LogP) is 3.31. The van der Waals surface area contributed by atoms with Gasteiger partial charge in [-0.15, -0.1) is 0 Å². The largest absolute Gasteiger partial charge is 0.493 e. The maximum absolute atomic E-state index is 12.7. The summed E-state index contributed by atoms with van der Waals surface area (Å²) in [6, 6.07) is 9.83. The number of nitrogens with zero attached hydrogens (tertiary/aromatic N) is 2. The summed E-state index contributed by atoms with van der Waals surface area (Å²) in [7, 11) is 2.72. The molecule has 1 aliphatic rings. The smallest absolute Gasteiger partial charge is 0.338 e. The Morgan fingerprint density at radius 3 is 2.59 bits per heavy atom. The van der Waals surface area contributed by atoms with Gasteiger partial charge in [0, 0.05) is 12.3 Å². The van der Waals surface area contributed by atoms with Crippen LogP contribution >= 0.6 is 0 Å². The molecule has 1 aliphatic heterocycles. The molecule has 2 aromatic rings. The number of rotatable bonds is 7. The van der Waals surface area contributed by atoms with Crippen molar-refractivity contribution in [3.05, 3.63) is 70.4 Å². The predicted molar refractivity (Wildman–Crippen MR) is 119 cm³/mol. The van der Waals surface area contributed by atoms with Gasteiger partial charge in [-0.05, 0) is 37.6 Å². The van der Waals surface area contributed by atoms with Gasteiger partial charge in [-0.3, -0.25) is 0 Å². The van der Waals surface area contributed by atoms with Crippen molar-refractivity contribution in [2.24, 2.45) is 5.73 Å². The van der Waals surface area contributed by atoms with Crippen molar-refractivity contribution in [2.45, 2.75) is 19.8 Å². The average molecular weight is 465 g/mol. The zero-order chi connectivity index (χ0) is 24.8. The fourth-order valence-corrected chi connectivity index (χ4v) is 3.46. The van der Waals surface area contributed by atoms with Crippen molar-refractivity contribution >= 4 is 11.9 Å². The lowest BCUT2D eigenvalue weighted by molar-refractivity contribution is -0.139. The van der Waals surface area contributed by atoms with Crippen LogP contribution in [0, 0.1) is 11.3 Å². The van der Waals surface area contributed by atoms with Gasteiger partial charge in [0.1, 0.15) is 17.4 Å². The maximum atomic E-state index is 12.7. The van der Waals surface area contributed by atoms with Crippen molar-refractivity contribution in [1.82, 2.24) is 4.98 Å². The van der Waals surface area contributed by atoms with Crippen LogP contribution in [0.15, 0.2) is 59.3 Å². The van der Waals surface area contributed by atoms with E-state index in [-0.39, 0.29) is 40.8 Å². The van der Waals surface area contributed by atoms with Gasteiger partial charge in [-0.1, -0.05) is 6.07 Å². The Kier molecular flexibility index (Phi) is 7.38. The summed E-state index contributed by atoms with van der Waals surface area (Å²) in [6.45, 7) is 3.41. The highest BCUT2D eigenvalue weighted by molar-refractivity contribution is 5.92. The number of ether oxygens (including phenoxy) is 5. The number of nitrogens with two attached hydrogens (primary N) is 1. The van der Waals surface area contributed by atoms with Gasteiger partial charge in [0.15, 0.2) is 11.5 Å². The van der Waals surface area contributed by atoms with Crippen molar-refractivity contribution in [3.63, 3.8) is 0 Å². The normalized spacial score (nSPS) is 15.2. The Hall–Kier alpha value is -4.52. The average Bonchev–Trinajstić information content (AvgIpc) is 2.83. The van der Waals surface area contributed by atoms with Crippen LogP contribution in [0.1, 0.15) is 35.7 Å². The molecule has 0 aliphatic carbocycles. The highest BCUT2D eigenvalue weighted by Crippen LogP contribution is 2.42. The van der Waals surface area contributed by atoms with Crippen LogP contribution in [-0.2, 0) is 19.0 Å². The van der Waals surface area contributed by atoms with Crippen LogP contribution in [0.25, 0.3) is 0 Å². The minimum Gasteiger partial charge on any atom is -0.493 e. The number of hydrogen-bond acceptors (Lipinski definition) is 10. The lowest BCUT2D eigenvalue weighted by Gasteiger charge is -2.27. The minimum atomic E-state index is -0.832. The first-order valence-corrected chi connectivity index (χ1v) is 10.2. The molecule has 34 heavy (non-hydrogen) atoms. The molecule has 0 bridgehead atoms. The molecule has 0 saturated carbocycles. The van der Waals surface area contributed by atoms with E-state index < -0.39 is 17.9 Å². The van der Waals surface area contributed by atoms with Crippen LogP contribution in [0.4, 0.5) is 0 Å². The highest BCUT2D eigenvalue weighted by atomic mass is 16.5. The number of esters is 2. The first-order chi connectivity index (χ1) is 16.3. The monoisotopic (exact) mass is 465 g/mol. The van der Waals surface area contributed by atoms with E-state index in [1.54, 1.807) is 32.0 Å². The Balaban J connectivity index is 2.03. The summed E-state index contributed by atoms with van der Waals surface area (Å²) < 4.78 is 26.6. The van der Waals surface area contributed by atoms with Crippen LogP contribution in [-0.4, -0.2) is 37.7 Å². The fourth-order valence-electron chi connectivity index (χ4n) is 3.46. The van der Waals surface area contributed by atoms with Crippen LogP contribution < -0.4 is 15.2 Å². The lowest BCUT2D eigenvalue weighted by atomic mass is 9.83. The minimum absolute atomic E-state index is 0.0665. The molecule has 10 nitrogen and oxygen atoms in total. The van der Waals surface area contributed by atoms with E-state index in [1.807, 2.05) is 6.07 Å². The molecule has 2 heterocycles. The van der Waals surface area contributed by atoms with E-state index in [9.17, 15) is 14.9 Å². The lowest BCUT2D eigenvalue weighted by Crippen LogP contribution is -2.25. The van der Waals surface area contributed by atoms with Crippen molar-refractivity contribution in [1.29, 1.82) is 5.26 Å². The number of hydrogen-bond donors (Lipinski definition) is 1. The molecule has 3 rings (SSSR count). The molecular formula is C24H23N3O7. The standard InChI is InChI=1S/C24H23N3O7/c1-5-32-24(29)20-13(2)33-22(26)16(12-25)21(20)14-6-7-17(18(10-14)30-3)34-19-11-15(8-9-27-19)23(28)31-4/h6-11,21H,5,26H2,1-4H3. The molecule has 0 radical (unpaired) electrons. The molecule has 1 aromatic heterocycles. The van der Waals surface area contributed by atoms with Crippen molar-refractivity contribution < 1.29 is 33.3 Å². The molecule has 0 amide bonds. The first kappa shape index (κ1) is 24.1. The van der Waals surface area contributed by atoms with Gasteiger partial charge in [0.05, 0.1) is 37.9 Å². The number of benzene rings is 1. The van der Waals surface area contributed by atoms with Gasteiger partial charge < -0.3 is 29.4 Å². The van der Waals surface area contributed by atoms with Gasteiger partial charge in [0.2, 0.25) is 11.8 Å². The third-order valence-corrected chi connectivity index (χ3v) is 4.99. The van der Waals surface area contributed by atoms with E-state index in [0.717, 1.165) is 0 Å². The second kappa shape index (κ2) is 10.4. The molecule has 2 N–H and O–H groups in total.